The summed E-state index contributed by atoms with van der Waals surface area (Å²) in [5.41, 5.74) is 9.98. The Bertz CT molecular complexity index is 567. The van der Waals surface area contributed by atoms with Gasteiger partial charge in [-0.1, -0.05) is 36.4 Å². The molecule has 2 aromatic rings. The summed E-state index contributed by atoms with van der Waals surface area (Å²) >= 11 is 0. The molecule has 1 aliphatic rings. The van der Waals surface area contributed by atoms with Crippen LogP contribution < -0.4 is 5.73 Å². The molecule has 0 bridgehead atoms. The summed E-state index contributed by atoms with van der Waals surface area (Å²) in [6.07, 6.45) is 2.10. The second-order valence-corrected chi connectivity index (χ2v) is 5.61. The number of halogens is 1. The first-order valence-electron chi connectivity index (χ1n) is 7.54. The Labute approximate surface area is 125 Å². The summed E-state index contributed by atoms with van der Waals surface area (Å²) in [6, 6.07) is 15.6. The van der Waals surface area contributed by atoms with E-state index in [1.165, 1.54) is 23.3 Å². The highest BCUT2D eigenvalue weighted by Crippen LogP contribution is 2.24. The van der Waals surface area contributed by atoms with Gasteiger partial charge in [0.05, 0.1) is 0 Å². The van der Waals surface area contributed by atoms with E-state index >= 15 is 0 Å². The van der Waals surface area contributed by atoms with Crippen LogP contribution in [0.5, 0.6) is 0 Å². The van der Waals surface area contributed by atoms with Gasteiger partial charge in [-0.15, -0.1) is 0 Å². The summed E-state index contributed by atoms with van der Waals surface area (Å²) in [6.45, 7) is 2.55. The van der Waals surface area contributed by atoms with Gasteiger partial charge in [-0.2, -0.15) is 0 Å². The number of hydrogen-bond acceptors (Lipinski definition) is 2. The Morgan fingerprint density at radius 1 is 0.952 bits per heavy atom. The molecule has 0 aromatic heterocycles. The number of nitrogens with two attached hydrogens (primary N) is 1. The summed E-state index contributed by atoms with van der Waals surface area (Å²) in [4.78, 5) is 2.42. The van der Waals surface area contributed by atoms with Crippen molar-refractivity contribution in [2.24, 2.45) is 5.73 Å². The molecule has 110 valence electrons. The molecule has 3 heteroatoms. The minimum Gasteiger partial charge on any atom is -0.329 e. The van der Waals surface area contributed by atoms with Crippen LogP contribution in [0.2, 0.25) is 0 Å². The highest BCUT2D eigenvalue weighted by Gasteiger charge is 2.21. The van der Waals surface area contributed by atoms with E-state index < -0.39 is 0 Å². The van der Waals surface area contributed by atoms with Gasteiger partial charge in [-0.25, -0.2) is 4.39 Å². The minimum atomic E-state index is -0.196. The fourth-order valence-corrected chi connectivity index (χ4v) is 3.18. The minimum absolute atomic E-state index is 0.167. The molecule has 3 rings (SSSR count). The maximum absolute atomic E-state index is 13.1. The molecule has 0 fully saturated rings. The molecule has 21 heavy (non-hydrogen) atoms. The number of hydrogen-bond donors (Lipinski definition) is 1. The molecule has 0 amide bonds. The zero-order chi connectivity index (χ0) is 14.7. The third-order valence-corrected chi connectivity index (χ3v) is 4.37. The van der Waals surface area contributed by atoms with Crippen LogP contribution in [-0.2, 0) is 12.8 Å². The van der Waals surface area contributed by atoms with Crippen molar-refractivity contribution in [3.63, 3.8) is 0 Å². The van der Waals surface area contributed by atoms with Crippen molar-refractivity contribution in [3.8, 4) is 0 Å². The van der Waals surface area contributed by atoms with Crippen molar-refractivity contribution >= 4 is 0 Å². The Morgan fingerprint density at radius 3 is 2.05 bits per heavy atom. The van der Waals surface area contributed by atoms with Crippen LogP contribution in [0, 0.1) is 5.82 Å². The van der Waals surface area contributed by atoms with Crippen LogP contribution in [0.3, 0.4) is 0 Å². The molecule has 2 nitrogen and oxygen atoms in total. The highest BCUT2D eigenvalue weighted by molar-refractivity contribution is 5.29. The van der Waals surface area contributed by atoms with E-state index in [9.17, 15) is 4.39 Å². The third kappa shape index (κ3) is 3.14. The molecule has 2 aromatic carbocycles. The maximum atomic E-state index is 13.1. The first-order chi connectivity index (χ1) is 10.3. The van der Waals surface area contributed by atoms with Crippen molar-refractivity contribution < 1.29 is 4.39 Å². The fourth-order valence-electron chi connectivity index (χ4n) is 3.18. The molecule has 0 radical (unpaired) electrons. The first-order valence-corrected chi connectivity index (χ1v) is 7.54. The van der Waals surface area contributed by atoms with E-state index in [0.717, 1.165) is 31.5 Å². The van der Waals surface area contributed by atoms with Gasteiger partial charge in [0.1, 0.15) is 5.82 Å². The number of fused-ring (bicyclic) bond motifs is 1. The lowest BCUT2D eigenvalue weighted by atomic mass is 10.0. The summed E-state index contributed by atoms with van der Waals surface area (Å²) < 4.78 is 13.1. The van der Waals surface area contributed by atoms with Crippen molar-refractivity contribution in [2.75, 3.05) is 19.6 Å². The summed E-state index contributed by atoms with van der Waals surface area (Å²) in [7, 11) is 0. The molecule has 0 saturated heterocycles. The third-order valence-electron chi connectivity index (χ3n) is 4.37. The molecule has 2 N–H and O–H groups in total. The SMILES string of the molecule is NCC(c1ccc(F)cc1)N1CCc2ccccc2CC1. The molecular formula is C18H21FN2. The second kappa shape index (κ2) is 6.37. The Kier molecular flexibility index (Phi) is 4.32. The van der Waals surface area contributed by atoms with Crippen LogP contribution in [0.1, 0.15) is 22.7 Å². The first kappa shape index (κ1) is 14.2. The molecule has 0 aliphatic carbocycles. The predicted molar refractivity (Wildman–Crippen MR) is 83.6 cm³/mol. The standard InChI is InChI=1S/C18H21FN2/c19-17-7-5-16(6-8-17)18(13-20)21-11-9-14-3-1-2-4-15(14)10-12-21/h1-8,18H,9-13,20H2. The van der Waals surface area contributed by atoms with Crippen molar-refractivity contribution in [1.29, 1.82) is 0 Å². The smallest absolute Gasteiger partial charge is 0.123 e. The van der Waals surface area contributed by atoms with Crippen molar-refractivity contribution in [1.82, 2.24) is 4.90 Å². The van der Waals surface area contributed by atoms with Gasteiger partial charge in [0, 0.05) is 25.7 Å². The normalized spacial score (nSPS) is 17.0. The summed E-state index contributed by atoms with van der Waals surface area (Å²) in [5, 5.41) is 0. The zero-order valence-electron chi connectivity index (χ0n) is 12.1. The average Bonchev–Trinajstić information content (AvgIpc) is 2.73. The van der Waals surface area contributed by atoms with Gasteiger partial charge < -0.3 is 5.73 Å². The molecular weight excluding hydrogens is 263 g/mol. The van der Waals surface area contributed by atoms with Crippen LogP contribution in [0.4, 0.5) is 4.39 Å². The summed E-state index contributed by atoms with van der Waals surface area (Å²) in [5.74, 6) is -0.196. The predicted octanol–water partition coefficient (Wildman–Crippen LogP) is 2.93. The Balaban J connectivity index is 1.78. The van der Waals surface area contributed by atoms with E-state index in [2.05, 4.69) is 29.2 Å². The molecule has 1 unspecified atom stereocenters. The van der Waals surface area contributed by atoms with Gasteiger partial charge in [-0.05, 0) is 41.7 Å². The lowest BCUT2D eigenvalue weighted by Gasteiger charge is -2.30. The van der Waals surface area contributed by atoms with Gasteiger partial charge >= 0.3 is 0 Å². The lowest BCUT2D eigenvalue weighted by Crippen LogP contribution is -2.35. The Hall–Kier alpha value is -1.71. The topological polar surface area (TPSA) is 29.3 Å². The van der Waals surface area contributed by atoms with E-state index in [0.29, 0.717) is 6.54 Å². The quantitative estimate of drug-likeness (QED) is 0.939. The van der Waals surface area contributed by atoms with E-state index in [1.807, 2.05) is 12.1 Å². The number of benzene rings is 2. The number of nitrogens with zero attached hydrogens (tertiary/aromatic N) is 1. The van der Waals surface area contributed by atoms with Gasteiger partial charge in [0.2, 0.25) is 0 Å². The second-order valence-electron chi connectivity index (χ2n) is 5.61. The van der Waals surface area contributed by atoms with Crippen LogP contribution >= 0.6 is 0 Å². The van der Waals surface area contributed by atoms with E-state index in [-0.39, 0.29) is 11.9 Å². The van der Waals surface area contributed by atoms with Crippen LogP contribution in [-0.4, -0.2) is 24.5 Å². The number of rotatable bonds is 3. The van der Waals surface area contributed by atoms with E-state index in [1.54, 1.807) is 0 Å². The molecule has 1 atom stereocenters. The Morgan fingerprint density at radius 2 is 1.52 bits per heavy atom. The van der Waals surface area contributed by atoms with Gasteiger partial charge in [-0.3, -0.25) is 4.90 Å². The van der Waals surface area contributed by atoms with Gasteiger partial charge in [0.25, 0.3) is 0 Å². The van der Waals surface area contributed by atoms with Gasteiger partial charge in [0.15, 0.2) is 0 Å². The zero-order valence-corrected chi connectivity index (χ0v) is 12.1. The fraction of sp³-hybridized carbons (Fsp3) is 0.333. The lowest BCUT2D eigenvalue weighted by molar-refractivity contribution is 0.211. The average molecular weight is 284 g/mol. The molecule has 0 saturated carbocycles. The molecule has 1 aliphatic heterocycles. The van der Waals surface area contributed by atoms with Crippen LogP contribution in [0.25, 0.3) is 0 Å². The molecule has 1 heterocycles. The molecule has 0 spiro atoms. The van der Waals surface area contributed by atoms with Crippen molar-refractivity contribution in [3.05, 3.63) is 71.0 Å². The monoisotopic (exact) mass is 284 g/mol. The highest BCUT2D eigenvalue weighted by atomic mass is 19.1. The van der Waals surface area contributed by atoms with Crippen molar-refractivity contribution in [2.45, 2.75) is 18.9 Å². The van der Waals surface area contributed by atoms with E-state index in [4.69, 9.17) is 5.73 Å². The van der Waals surface area contributed by atoms with Crippen LogP contribution in [0.15, 0.2) is 48.5 Å². The maximum Gasteiger partial charge on any atom is 0.123 e. The largest absolute Gasteiger partial charge is 0.329 e.